The van der Waals surface area contributed by atoms with Crippen LogP contribution in [0.5, 0.6) is 17.2 Å². The summed E-state index contributed by atoms with van der Waals surface area (Å²) in [5.41, 5.74) is 1.92. The molecule has 124 valence electrons. The number of benzene rings is 2. The molecule has 24 heavy (non-hydrogen) atoms. The first-order chi connectivity index (χ1) is 11.7. The van der Waals surface area contributed by atoms with Crippen LogP contribution in [0.15, 0.2) is 47.0 Å². The number of aromatic nitrogens is 1. The highest BCUT2D eigenvalue weighted by Gasteiger charge is 2.19. The van der Waals surface area contributed by atoms with Gasteiger partial charge in [0.1, 0.15) is 28.8 Å². The predicted octanol–water partition coefficient (Wildman–Crippen LogP) is 4.17. The fourth-order valence-electron chi connectivity index (χ4n) is 2.40. The van der Waals surface area contributed by atoms with Crippen molar-refractivity contribution in [2.75, 3.05) is 21.3 Å². The van der Waals surface area contributed by atoms with Crippen molar-refractivity contribution >= 4 is 0 Å². The van der Waals surface area contributed by atoms with Gasteiger partial charge in [0, 0.05) is 23.8 Å². The van der Waals surface area contributed by atoms with E-state index in [0.29, 0.717) is 34.3 Å². The Bertz CT molecular complexity index is 817. The van der Waals surface area contributed by atoms with Crippen molar-refractivity contribution in [2.45, 2.75) is 0 Å². The number of nitrogens with zero attached hydrogens (tertiary/aromatic N) is 1. The van der Waals surface area contributed by atoms with Gasteiger partial charge in [-0.15, -0.1) is 0 Å². The fraction of sp³-hybridized carbons (Fsp3) is 0.167. The predicted molar refractivity (Wildman–Crippen MR) is 87.0 cm³/mol. The third-order valence-corrected chi connectivity index (χ3v) is 3.61. The average molecular weight is 329 g/mol. The molecule has 0 saturated carbocycles. The summed E-state index contributed by atoms with van der Waals surface area (Å²) in [5, 5.41) is 4.09. The van der Waals surface area contributed by atoms with Crippen LogP contribution in [0.4, 0.5) is 4.39 Å². The molecule has 5 nitrogen and oxygen atoms in total. The highest BCUT2D eigenvalue weighted by molar-refractivity contribution is 5.78. The fourth-order valence-corrected chi connectivity index (χ4v) is 2.40. The first kappa shape index (κ1) is 15.9. The summed E-state index contributed by atoms with van der Waals surface area (Å²) in [4.78, 5) is 0. The summed E-state index contributed by atoms with van der Waals surface area (Å²) in [6, 6.07) is 11.2. The molecular formula is C18H16FNO4. The van der Waals surface area contributed by atoms with E-state index in [9.17, 15) is 4.39 Å². The summed E-state index contributed by atoms with van der Waals surface area (Å²) in [5.74, 6) is 1.91. The van der Waals surface area contributed by atoms with E-state index >= 15 is 0 Å². The van der Waals surface area contributed by atoms with E-state index in [1.807, 2.05) is 0 Å². The van der Waals surface area contributed by atoms with Crippen LogP contribution in [-0.2, 0) is 0 Å². The molecule has 0 amide bonds. The van der Waals surface area contributed by atoms with E-state index < -0.39 is 0 Å². The molecule has 0 spiro atoms. The highest BCUT2D eigenvalue weighted by atomic mass is 19.1. The normalized spacial score (nSPS) is 10.5. The van der Waals surface area contributed by atoms with E-state index in [1.165, 1.54) is 12.1 Å². The lowest BCUT2D eigenvalue weighted by molar-refractivity contribution is 0.376. The Hall–Kier alpha value is -3.02. The second-order valence-corrected chi connectivity index (χ2v) is 4.99. The molecule has 1 aromatic heterocycles. The summed E-state index contributed by atoms with van der Waals surface area (Å²) in [6.07, 6.45) is 0. The van der Waals surface area contributed by atoms with E-state index in [1.54, 1.807) is 51.7 Å². The third kappa shape index (κ3) is 2.90. The third-order valence-electron chi connectivity index (χ3n) is 3.61. The van der Waals surface area contributed by atoms with E-state index in [2.05, 4.69) is 5.16 Å². The topological polar surface area (TPSA) is 53.7 Å². The Labute approximate surface area is 138 Å². The molecule has 1 heterocycles. The number of rotatable bonds is 5. The molecule has 0 unspecified atom stereocenters. The molecule has 0 saturated heterocycles. The van der Waals surface area contributed by atoms with Crippen LogP contribution < -0.4 is 14.2 Å². The van der Waals surface area contributed by atoms with Crippen LogP contribution in [0.25, 0.3) is 22.6 Å². The second kappa shape index (κ2) is 6.62. The Balaban J connectivity index is 2.08. The van der Waals surface area contributed by atoms with Crippen LogP contribution in [0, 0.1) is 5.82 Å². The van der Waals surface area contributed by atoms with Crippen molar-refractivity contribution < 1.29 is 23.1 Å². The number of halogens is 1. The summed E-state index contributed by atoms with van der Waals surface area (Å²) < 4.78 is 34.5. The smallest absolute Gasteiger partial charge is 0.167 e. The Morgan fingerprint density at radius 3 is 2.04 bits per heavy atom. The molecule has 0 atom stereocenters. The Morgan fingerprint density at radius 1 is 0.875 bits per heavy atom. The minimum absolute atomic E-state index is 0.308. The maximum absolute atomic E-state index is 13.1. The number of ether oxygens (including phenoxy) is 3. The van der Waals surface area contributed by atoms with Gasteiger partial charge < -0.3 is 18.7 Å². The van der Waals surface area contributed by atoms with Gasteiger partial charge in [0.05, 0.1) is 26.9 Å². The van der Waals surface area contributed by atoms with Crippen molar-refractivity contribution in [3.63, 3.8) is 0 Å². The van der Waals surface area contributed by atoms with Gasteiger partial charge in [-0.3, -0.25) is 0 Å². The Morgan fingerprint density at radius 2 is 1.50 bits per heavy atom. The monoisotopic (exact) mass is 329 g/mol. The second-order valence-electron chi connectivity index (χ2n) is 4.99. The van der Waals surface area contributed by atoms with Gasteiger partial charge in [-0.2, -0.15) is 0 Å². The standard InChI is InChI=1S/C18H16FNO4/c1-21-13-8-16(22-2)18(17(9-13)23-3)14-10-15(24-20-14)11-4-6-12(19)7-5-11/h4-10H,1-3H3. The molecule has 0 fully saturated rings. The van der Waals surface area contributed by atoms with Gasteiger partial charge >= 0.3 is 0 Å². The molecule has 0 N–H and O–H groups in total. The quantitative estimate of drug-likeness (QED) is 0.703. The lowest BCUT2D eigenvalue weighted by Gasteiger charge is -2.13. The van der Waals surface area contributed by atoms with Gasteiger partial charge in [0.2, 0.25) is 0 Å². The number of hydrogen-bond donors (Lipinski definition) is 0. The van der Waals surface area contributed by atoms with E-state index in [4.69, 9.17) is 18.7 Å². The first-order valence-corrected chi connectivity index (χ1v) is 7.19. The van der Waals surface area contributed by atoms with Crippen LogP contribution in [0.3, 0.4) is 0 Å². The van der Waals surface area contributed by atoms with Crippen LogP contribution in [0.2, 0.25) is 0 Å². The summed E-state index contributed by atoms with van der Waals surface area (Å²) in [7, 11) is 4.67. The average Bonchev–Trinajstić information content (AvgIpc) is 3.10. The molecule has 3 rings (SSSR count). The molecule has 0 aliphatic rings. The molecule has 0 aliphatic carbocycles. The van der Waals surface area contributed by atoms with Crippen molar-refractivity contribution in [3.05, 3.63) is 48.3 Å². The van der Waals surface area contributed by atoms with Crippen molar-refractivity contribution in [2.24, 2.45) is 0 Å². The minimum Gasteiger partial charge on any atom is -0.496 e. The van der Waals surface area contributed by atoms with Crippen LogP contribution in [0.1, 0.15) is 0 Å². The number of methoxy groups -OCH3 is 3. The maximum atomic E-state index is 13.1. The lowest BCUT2D eigenvalue weighted by Crippen LogP contribution is -1.95. The molecule has 2 aromatic carbocycles. The van der Waals surface area contributed by atoms with Crippen molar-refractivity contribution in [1.82, 2.24) is 5.16 Å². The largest absolute Gasteiger partial charge is 0.496 e. The van der Waals surface area contributed by atoms with Gasteiger partial charge in [-0.25, -0.2) is 4.39 Å². The zero-order chi connectivity index (χ0) is 17.1. The summed E-state index contributed by atoms with van der Waals surface area (Å²) in [6.45, 7) is 0. The van der Waals surface area contributed by atoms with Crippen LogP contribution in [-0.4, -0.2) is 26.5 Å². The summed E-state index contributed by atoms with van der Waals surface area (Å²) >= 11 is 0. The molecular weight excluding hydrogens is 313 g/mol. The lowest BCUT2D eigenvalue weighted by atomic mass is 10.1. The van der Waals surface area contributed by atoms with Gasteiger partial charge in [-0.1, -0.05) is 5.16 Å². The van der Waals surface area contributed by atoms with Crippen molar-refractivity contribution in [1.29, 1.82) is 0 Å². The van der Waals surface area contributed by atoms with Gasteiger partial charge in [0.15, 0.2) is 5.76 Å². The van der Waals surface area contributed by atoms with Crippen molar-refractivity contribution in [3.8, 4) is 39.8 Å². The zero-order valence-electron chi connectivity index (χ0n) is 13.5. The van der Waals surface area contributed by atoms with Crippen LogP contribution >= 0.6 is 0 Å². The highest BCUT2D eigenvalue weighted by Crippen LogP contribution is 2.42. The maximum Gasteiger partial charge on any atom is 0.167 e. The van der Waals surface area contributed by atoms with Gasteiger partial charge in [-0.05, 0) is 24.3 Å². The first-order valence-electron chi connectivity index (χ1n) is 7.19. The molecule has 0 aliphatic heterocycles. The number of hydrogen-bond acceptors (Lipinski definition) is 5. The SMILES string of the molecule is COc1cc(OC)c(-c2cc(-c3ccc(F)cc3)on2)c(OC)c1. The molecule has 3 aromatic rings. The van der Waals surface area contributed by atoms with E-state index in [-0.39, 0.29) is 5.82 Å². The Kier molecular flexibility index (Phi) is 4.37. The molecule has 6 heteroatoms. The van der Waals surface area contributed by atoms with Gasteiger partial charge in [0.25, 0.3) is 0 Å². The zero-order valence-corrected chi connectivity index (χ0v) is 13.5. The molecule has 0 radical (unpaired) electrons. The molecule has 0 bridgehead atoms. The van der Waals surface area contributed by atoms with E-state index in [0.717, 1.165) is 5.56 Å². The minimum atomic E-state index is -0.308.